The second-order valence-electron chi connectivity index (χ2n) is 3.77. The van der Waals surface area contributed by atoms with Gasteiger partial charge in [-0.25, -0.2) is 13.8 Å². The number of aryl methyl sites for hydroxylation is 1. The highest BCUT2D eigenvalue weighted by Crippen LogP contribution is 2.28. The monoisotopic (exact) mass is 266 g/mol. The summed E-state index contributed by atoms with van der Waals surface area (Å²) in [5.74, 6) is 0. The molecule has 0 N–H and O–H groups in total. The SMILES string of the molecule is Cn1ncc2ncc(-c3csc(C(F)F)n3)cc21. The molecule has 3 aromatic rings. The minimum Gasteiger partial charge on any atom is -0.266 e. The number of nitrogens with zero attached hydrogens (tertiary/aromatic N) is 4. The molecule has 0 saturated carbocycles. The predicted octanol–water partition coefficient (Wildman–Crippen LogP) is 3.03. The molecule has 0 saturated heterocycles. The van der Waals surface area contributed by atoms with Crippen LogP contribution in [0.15, 0.2) is 23.8 Å². The highest BCUT2D eigenvalue weighted by atomic mass is 32.1. The normalized spacial score (nSPS) is 11.6. The molecule has 3 rings (SSSR count). The van der Waals surface area contributed by atoms with E-state index in [2.05, 4.69) is 15.1 Å². The highest BCUT2D eigenvalue weighted by Gasteiger charge is 2.14. The molecule has 0 unspecified atom stereocenters. The number of halogens is 2. The third kappa shape index (κ3) is 1.76. The number of pyridine rings is 1. The number of hydrogen-bond acceptors (Lipinski definition) is 4. The zero-order chi connectivity index (χ0) is 12.7. The van der Waals surface area contributed by atoms with E-state index in [-0.39, 0.29) is 5.01 Å². The number of rotatable bonds is 2. The van der Waals surface area contributed by atoms with Gasteiger partial charge in [-0.15, -0.1) is 11.3 Å². The molecule has 0 spiro atoms. The summed E-state index contributed by atoms with van der Waals surface area (Å²) in [6.45, 7) is 0. The lowest BCUT2D eigenvalue weighted by Gasteiger charge is -1.98. The van der Waals surface area contributed by atoms with Crippen molar-refractivity contribution < 1.29 is 8.78 Å². The fourth-order valence-corrected chi connectivity index (χ4v) is 2.36. The molecule has 0 aromatic carbocycles. The summed E-state index contributed by atoms with van der Waals surface area (Å²) in [4.78, 5) is 8.13. The molecule has 3 heterocycles. The van der Waals surface area contributed by atoms with Crippen molar-refractivity contribution in [2.24, 2.45) is 7.05 Å². The smallest absolute Gasteiger partial charge is 0.266 e. The highest BCUT2D eigenvalue weighted by molar-refractivity contribution is 7.10. The van der Waals surface area contributed by atoms with Crippen LogP contribution in [0.25, 0.3) is 22.3 Å². The van der Waals surface area contributed by atoms with Gasteiger partial charge < -0.3 is 0 Å². The van der Waals surface area contributed by atoms with Gasteiger partial charge in [0.2, 0.25) is 0 Å². The second kappa shape index (κ2) is 4.09. The van der Waals surface area contributed by atoms with E-state index in [9.17, 15) is 8.78 Å². The van der Waals surface area contributed by atoms with Crippen molar-refractivity contribution >= 4 is 22.4 Å². The van der Waals surface area contributed by atoms with Gasteiger partial charge in [0.05, 0.1) is 17.4 Å². The fraction of sp³-hybridized carbons (Fsp3) is 0.182. The van der Waals surface area contributed by atoms with Crippen LogP contribution in [0.3, 0.4) is 0 Å². The molecule has 0 radical (unpaired) electrons. The van der Waals surface area contributed by atoms with Crippen LogP contribution < -0.4 is 0 Å². The van der Waals surface area contributed by atoms with Gasteiger partial charge in [0.1, 0.15) is 5.52 Å². The molecule has 0 amide bonds. The molecule has 7 heteroatoms. The quantitative estimate of drug-likeness (QED) is 0.716. The Kier molecular flexibility index (Phi) is 2.55. The van der Waals surface area contributed by atoms with Crippen molar-refractivity contribution in [3.8, 4) is 11.3 Å². The molecular formula is C11H8F2N4S. The summed E-state index contributed by atoms with van der Waals surface area (Å²) in [7, 11) is 1.80. The molecule has 0 aliphatic carbocycles. The van der Waals surface area contributed by atoms with Crippen molar-refractivity contribution in [3.05, 3.63) is 28.8 Å². The summed E-state index contributed by atoms with van der Waals surface area (Å²) >= 11 is 0.953. The lowest BCUT2D eigenvalue weighted by Crippen LogP contribution is -1.90. The van der Waals surface area contributed by atoms with Crippen LogP contribution in [-0.2, 0) is 7.05 Å². The molecule has 0 bridgehead atoms. The standard InChI is InChI=1S/C11H8F2N4S/c1-17-9-2-6(3-14-7(9)4-15-17)8-5-18-11(16-8)10(12)13/h2-5,10H,1H3. The van der Waals surface area contributed by atoms with E-state index in [0.717, 1.165) is 22.4 Å². The van der Waals surface area contributed by atoms with Gasteiger partial charge in [-0.3, -0.25) is 9.67 Å². The van der Waals surface area contributed by atoms with Crippen LogP contribution in [0.1, 0.15) is 11.4 Å². The molecular weight excluding hydrogens is 258 g/mol. The predicted molar refractivity (Wildman–Crippen MR) is 64.6 cm³/mol. The molecule has 0 aliphatic rings. The Balaban J connectivity index is 2.09. The minimum absolute atomic E-state index is 0.171. The Bertz CT molecular complexity index is 704. The van der Waals surface area contributed by atoms with E-state index < -0.39 is 6.43 Å². The summed E-state index contributed by atoms with van der Waals surface area (Å²) in [6.07, 6.45) is 0.746. The molecule has 0 aliphatic heterocycles. The van der Waals surface area contributed by atoms with Crippen molar-refractivity contribution in [1.82, 2.24) is 19.7 Å². The van der Waals surface area contributed by atoms with E-state index in [0.29, 0.717) is 11.3 Å². The van der Waals surface area contributed by atoms with E-state index in [1.807, 2.05) is 6.07 Å². The lowest BCUT2D eigenvalue weighted by atomic mass is 10.2. The molecule has 18 heavy (non-hydrogen) atoms. The number of thiazole rings is 1. The van der Waals surface area contributed by atoms with Crippen LogP contribution >= 0.6 is 11.3 Å². The summed E-state index contributed by atoms with van der Waals surface area (Å²) in [6, 6.07) is 1.85. The first-order chi connectivity index (χ1) is 8.65. The number of fused-ring (bicyclic) bond motifs is 1. The van der Waals surface area contributed by atoms with Crippen molar-refractivity contribution in [2.75, 3.05) is 0 Å². The maximum Gasteiger partial charge on any atom is 0.289 e. The first kappa shape index (κ1) is 11.2. The lowest BCUT2D eigenvalue weighted by molar-refractivity contribution is 0.151. The van der Waals surface area contributed by atoms with Crippen molar-refractivity contribution in [2.45, 2.75) is 6.43 Å². The van der Waals surface area contributed by atoms with Gasteiger partial charge in [0.15, 0.2) is 5.01 Å². The number of alkyl halides is 2. The summed E-state index contributed by atoms with van der Waals surface area (Å²) in [5.41, 5.74) is 2.85. The third-order valence-corrected chi connectivity index (χ3v) is 3.46. The van der Waals surface area contributed by atoms with Gasteiger partial charge in [-0.1, -0.05) is 0 Å². The minimum atomic E-state index is -2.53. The molecule has 3 aromatic heterocycles. The summed E-state index contributed by atoms with van der Waals surface area (Å²) < 4.78 is 26.7. The number of hydrogen-bond donors (Lipinski definition) is 0. The van der Waals surface area contributed by atoms with Crippen LogP contribution in [0.4, 0.5) is 8.78 Å². The Morgan fingerprint density at radius 1 is 1.33 bits per heavy atom. The van der Waals surface area contributed by atoms with Gasteiger partial charge >= 0.3 is 0 Å². The van der Waals surface area contributed by atoms with Crippen molar-refractivity contribution in [1.29, 1.82) is 0 Å². The van der Waals surface area contributed by atoms with Gasteiger partial charge in [0.25, 0.3) is 6.43 Å². The summed E-state index contributed by atoms with van der Waals surface area (Å²) in [5, 5.41) is 5.52. The Morgan fingerprint density at radius 3 is 2.89 bits per heavy atom. The zero-order valence-corrected chi connectivity index (χ0v) is 10.2. The molecule has 0 fully saturated rings. The van der Waals surface area contributed by atoms with E-state index in [1.54, 1.807) is 29.5 Å². The van der Waals surface area contributed by atoms with Gasteiger partial charge in [0, 0.05) is 24.2 Å². The van der Waals surface area contributed by atoms with Crippen LogP contribution in [0.5, 0.6) is 0 Å². The average Bonchev–Trinajstić information content (AvgIpc) is 2.96. The zero-order valence-electron chi connectivity index (χ0n) is 9.34. The first-order valence-corrected chi connectivity index (χ1v) is 6.05. The van der Waals surface area contributed by atoms with Crippen LogP contribution in [0.2, 0.25) is 0 Å². The van der Waals surface area contributed by atoms with Crippen molar-refractivity contribution in [3.63, 3.8) is 0 Å². The van der Waals surface area contributed by atoms with Gasteiger partial charge in [-0.05, 0) is 6.07 Å². The Morgan fingerprint density at radius 2 is 2.17 bits per heavy atom. The first-order valence-electron chi connectivity index (χ1n) is 5.17. The van der Waals surface area contributed by atoms with Crippen LogP contribution in [0, 0.1) is 0 Å². The van der Waals surface area contributed by atoms with E-state index in [1.165, 1.54) is 0 Å². The molecule has 0 atom stereocenters. The van der Waals surface area contributed by atoms with E-state index >= 15 is 0 Å². The average molecular weight is 266 g/mol. The van der Waals surface area contributed by atoms with Crippen LogP contribution in [-0.4, -0.2) is 19.7 Å². The Labute approximate surface area is 105 Å². The fourth-order valence-electron chi connectivity index (χ4n) is 1.69. The largest absolute Gasteiger partial charge is 0.289 e. The maximum absolute atomic E-state index is 12.5. The van der Waals surface area contributed by atoms with E-state index in [4.69, 9.17) is 0 Å². The van der Waals surface area contributed by atoms with Gasteiger partial charge in [-0.2, -0.15) is 5.10 Å². The molecule has 4 nitrogen and oxygen atoms in total. The third-order valence-electron chi connectivity index (χ3n) is 2.60. The Hall–Kier alpha value is -1.89. The second-order valence-corrected chi connectivity index (χ2v) is 4.66. The topological polar surface area (TPSA) is 43.6 Å². The molecule has 92 valence electrons. The maximum atomic E-state index is 12.5. The number of aromatic nitrogens is 4.